The molecule has 26 heavy (non-hydrogen) atoms. The van der Waals surface area contributed by atoms with Crippen molar-refractivity contribution < 1.29 is 53.0 Å². The molecule has 0 aromatic carbocycles. The van der Waals surface area contributed by atoms with Gasteiger partial charge in [0, 0.05) is 13.8 Å². The summed E-state index contributed by atoms with van der Waals surface area (Å²) in [4.78, 5) is 34.3. The van der Waals surface area contributed by atoms with Crippen molar-refractivity contribution in [3.05, 3.63) is 0 Å². The Labute approximate surface area is 147 Å². The summed E-state index contributed by atoms with van der Waals surface area (Å²) in [6.45, 7) is 1.12. The third kappa shape index (κ3) is 4.45. The molecule has 0 amide bonds. The molecule has 0 saturated carbocycles. The van der Waals surface area contributed by atoms with Crippen molar-refractivity contribution in [2.24, 2.45) is 5.73 Å². The largest absolute Gasteiger partial charge is 0.465 e. The molecule has 1 aliphatic heterocycles. The zero-order valence-corrected chi connectivity index (χ0v) is 14.3. The number of rotatable bonds is 6. The Kier molecular flexibility index (Phi) is 7.41. The van der Waals surface area contributed by atoms with Crippen LogP contribution in [0, 0.1) is 0 Å². The van der Waals surface area contributed by atoms with E-state index in [0.29, 0.717) is 0 Å². The number of nitrogens with two attached hydrogens (primary N) is 1. The van der Waals surface area contributed by atoms with E-state index in [-0.39, 0.29) is 0 Å². The van der Waals surface area contributed by atoms with E-state index in [4.69, 9.17) is 19.9 Å². The van der Waals surface area contributed by atoms with E-state index in [2.05, 4.69) is 4.74 Å². The zero-order chi connectivity index (χ0) is 20.2. The van der Waals surface area contributed by atoms with Gasteiger partial charge in [-0.05, 0) is 0 Å². The van der Waals surface area contributed by atoms with E-state index in [1.807, 2.05) is 0 Å². The highest BCUT2D eigenvalue weighted by Gasteiger charge is 2.61. The number of carbonyl (C=O) groups is 3. The van der Waals surface area contributed by atoms with Crippen LogP contribution in [0.1, 0.15) is 13.8 Å². The third-order valence-electron chi connectivity index (χ3n) is 3.73. The second-order valence-corrected chi connectivity index (χ2v) is 5.64. The molecule has 7 atom stereocenters. The van der Waals surface area contributed by atoms with Gasteiger partial charge >= 0.3 is 23.7 Å². The summed E-state index contributed by atoms with van der Waals surface area (Å²) >= 11 is 0. The molecular formula is C14H22FNO10. The van der Waals surface area contributed by atoms with Crippen molar-refractivity contribution in [1.29, 1.82) is 0 Å². The number of hydrogen-bond donors (Lipinski definition) is 4. The minimum atomic E-state index is -3.26. The molecule has 12 heteroatoms. The molecule has 0 radical (unpaired) electrons. The Bertz CT molecular complexity index is 546. The van der Waals surface area contributed by atoms with Crippen molar-refractivity contribution in [3.8, 4) is 0 Å². The highest BCUT2D eigenvalue weighted by atomic mass is 19.1. The van der Waals surface area contributed by atoms with Gasteiger partial charge in [0.05, 0.1) is 19.8 Å². The Morgan fingerprint density at radius 1 is 1.27 bits per heavy atom. The molecule has 5 unspecified atom stereocenters. The predicted molar refractivity (Wildman–Crippen MR) is 78.9 cm³/mol. The number of alkyl halides is 1. The van der Waals surface area contributed by atoms with Crippen LogP contribution in [0.15, 0.2) is 0 Å². The van der Waals surface area contributed by atoms with E-state index >= 15 is 0 Å². The molecule has 1 saturated heterocycles. The van der Waals surface area contributed by atoms with Gasteiger partial charge < -0.3 is 40.0 Å². The monoisotopic (exact) mass is 383 g/mol. The molecule has 1 rings (SSSR count). The van der Waals surface area contributed by atoms with Gasteiger partial charge in [-0.15, -0.1) is 0 Å². The van der Waals surface area contributed by atoms with Gasteiger partial charge in [-0.3, -0.25) is 9.59 Å². The van der Waals surface area contributed by atoms with Gasteiger partial charge in [-0.25, -0.2) is 9.18 Å². The summed E-state index contributed by atoms with van der Waals surface area (Å²) in [5, 5.41) is 29.6. The van der Waals surface area contributed by atoms with Crippen molar-refractivity contribution in [2.45, 2.75) is 56.3 Å². The van der Waals surface area contributed by atoms with E-state index in [1.54, 1.807) is 0 Å². The lowest BCUT2D eigenvalue weighted by molar-refractivity contribution is -0.320. The van der Waals surface area contributed by atoms with Gasteiger partial charge in [0.1, 0.15) is 12.2 Å². The first-order valence-corrected chi connectivity index (χ1v) is 7.51. The predicted octanol–water partition coefficient (Wildman–Crippen LogP) is -2.87. The highest BCUT2D eigenvalue weighted by Crippen LogP contribution is 2.34. The number of carbonyl (C=O) groups excluding carboxylic acids is 3. The van der Waals surface area contributed by atoms with Crippen molar-refractivity contribution in [3.63, 3.8) is 0 Å². The highest BCUT2D eigenvalue weighted by molar-refractivity contribution is 5.78. The summed E-state index contributed by atoms with van der Waals surface area (Å²) < 4.78 is 33.2. The van der Waals surface area contributed by atoms with Crippen LogP contribution >= 0.6 is 0 Å². The SMILES string of the molecule is COC(=O)C1(O)OC([C@H](OC(C)=O)[C@@H](CO)OC(C)=O)C(N)C(O)C1F. The first-order chi connectivity index (χ1) is 12.0. The molecule has 0 bridgehead atoms. The number of esters is 3. The summed E-state index contributed by atoms with van der Waals surface area (Å²) in [5.74, 6) is -6.62. The summed E-state index contributed by atoms with van der Waals surface area (Å²) in [5.41, 5.74) is 5.68. The average molecular weight is 383 g/mol. The molecule has 0 aromatic heterocycles. The lowest BCUT2D eigenvalue weighted by Gasteiger charge is -2.46. The third-order valence-corrected chi connectivity index (χ3v) is 3.73. The fourth-order valence-corrected chi connectivity index (χ4v) is 2.53. The fraction of sp³-hybridized carbons (Fsp3) is 0.786. The molecular weight excluding hydrogens is 361 g/mol. The molecule has 1 heterocycles. The zero-order valence-electron chi connectivity index (χ0n) is 14.3. The maximum absolute atomic E-state index is 14.3. The van der Waals surface area contributed by atoms with Crippen LogP contribution in [-0.2, 0) is 33.3 Å². The maximum Gasteiger partial charge on any atom is 0.369 e. The van der Waals surface area contributed by atoms with Crippen LogP contribution in [-0.4, -0.2) is 89.4 Å². The lowest BCUT2D eigenvalue weighted by atomic mass is 9.88. The molecule has 0 spiro atoms. The smallest absolute Gasteiger partial charge is 0.369 e. The Morgan fingerprint density at radius 2 is 1.81 bits per heavy atom. The average Bonchev–Trinajstić information content (AvgIpc) is 2.58. The van der Waals surface area contributed by atoms with E-state index in [1.165, 1.54) is 0 Å². The molecule has 150 valence electrons. The molecule has 1 aliphatic rings. The van der Waals surface area contributed by atoms with Crippen molar-refractivity contribution in [1.82, 2.24) is 0 Å². The molecule has 1 fully saturated rings. The normalized spacial score (nSPS) is 33.7. The number of methoxy groups -OCH3 is 1. The second kappa shape index (κ2) is 8.68. The van der Waals surface area contributed by atoms with Crippen molar-refractivity contribution in [2.75, 3.05) is 13.7 Å². The molecule has 11 nitrogen and oxygen atoms in total. The van der Waals surface area contributed by atoms with Crippen molar-refractivity contribution >= 4 is 17.9 Å². The van der Waals surface area contributed by atoms with Gasteiger partial charge in [-0.1, -0.05) is 0 Å². The summed E-state index contributed by atoms with van der Waals surface area (Å²) in [6.07, 6.45) is -9.75. The van der Waals surface area contributed by atoms with Crippen LogP contribution in [0.25, 0.3) is 0 Å². The Morgan fingerprint density at radius 3 is 2.23 bits per heavy atom. The van der Waals surface area contributed by atoms with Gasteiger partial charge in [0.2, 0.25) is 0 Å². The van der Waals surface area contributed by atoms with E-state index in [0.717, 1.165) is 21.0 Å². The fourth-order valence-electron chi connectivity index (χ4n) is 2.53. The van der Waals surface area contributed by atoms with E-state index < -0.39 is 66.9 Å². The van der Waals surface area contributed by atoms with Crippen LogP contribution in [0.3, 0.4) is 0 Å². The number of hydrogen-bond acceptors (Lipinski definition) is 11. The first-order valence-electron chi connectivity index (χ1n) is 7.51. The number of aliphatic hydroxyl groups is 3. The number of ether oxygens (including phenoxy) is 4. The number of halogens is 1. The molecule has 0 aromatic rings. The number of aliphatic hydroxyl groups excluding tert-OH is 2. The quantitative estimate of drug-likeness (QED) is 0.274. The lowest BCUT2D eigenvalue weighted by Crippen LogP contribution is -2.72. The van der Waals surface area contributed by atoms with E-state index in [9.17, 15) is 34.1 Å². The van der Waals surface area contributed by atoms with Crippen LogP contribution in [0.2, 0.25) is 0 Å². The minimum absolute atomic E-state index is 0.839. The van der Waals surface area contributed by atoms with Crippen LogP contribution in [0.4, 0.5) is 4.39 Å². The Balaban J connectivity index is 3.30. The van der Waals surface area contributed by atoms with Crippen LogP contribution in [0.5, 0.6) is 0 Å². The van der Waals surface area contributed by atoms with Gasteiger partial charge in [0.15, 0.2) is 18.4 Å². The Hall–Kier alpha value is -1.86. The van der Waals surface area contributed by atoms with Gasteiger partial charge in [0.25, 0.3) is 0 Å². The maximum atomic E-state index is 14.3. The molecule has 5 N–H and O–H groups in total. The van der Waals surface area contributed by atoms with Crippen LogP contribution < -0.4 is 5.73 Å². The molecule has 0 aliphatic carbocycles. The topological polar surface area (TPSA) is 175 Å². The van der Waals surface area contributed by atoms with Gasteiger partial charge in [-0.2, -0.15) is 0 Å². The second-order valence-electron chi connectivity index (χ2n) is 5.64. The summed E-state index contributed by atoms with van der Waals surface area (Å²) in [6, 6.07) is -1.62. The standard InChI is InChI=1S/C14H22FNO10/c1-5(18)24-7(4-17)10(25-6(2)19)11-8(16)9(20)12(15)14(22,26-11)13(21)23-3/h7-12,17,20,22H,4,16H2,1-3H3/t7-,8?,9?,10-,11?,12?,14?/m1/s1. The summed E-state index contributed by atoms with van der Waals surface area (Å²) in [7, 11) is 0.839. The first kappa shape index (κ1) is 22.2. The minimum Gasteiger partial charge on any atom is -0.465 e.